The van der Waals surface area contributed by atoms with Gasteiger partial charge in [0.15, 0.2) is 11.6 Å². The molecule has 3 N–H and O–H groups in total. The number of aromatic hydroxyl groups is 1. The molecule has 14 heavy (non-hydrogen) atoms. The number of hydrogen-bond acceptors (Lipinski definition) is 4. The number of amides is 1. The van der Waals surface area contributed by atoms with Crippen molar-refractivity contribution in [2.45, 2.75) is 13.0 Å². The standard InChI is InChI=1S/C8H9ClN2O3/c1-4(12)8(14)11-7-6(13)2-5(9)3-10-7/h2-4,12-13H,1H3,(H,10,11,14). The van der Waals surface area contributed by atoms with Crippen LogP contribution in [0.15, 0.2) is 12.3 Å². The molecule has 6 heteroatoms. The molecule has 1 atom stereocenters. The minimum atomic E-state index is -1.16. The molecule has 1 heterocycles. The van der Waals surface area contributed by atoms with Crippen LogP contribution in [0.25, 0.3) is 0 Å². The van der Waals surface area contributed by atoms with Crippen LogP contribution >= 0.6 is 11.6 Å². The zero-order chi connectivity index (χ0) is 10.7. The number of nitrogens with zero attached hydrogens (tertiary/aromatic N) is 1. The summed E-state index contributed by atoms with van der Waals surface area (Å²) in [5.41, 5.74) is 0. The first-order valence-electron chi connectivity index (χ1n) is 3.84. The highest BCUT2D eigenvalue weighted by Gasteiger charge is 2.12. The van der Waals surface area contributed by atoms with Gasteiger partial charge in [-0.15, -0.1) is 0 Å². The molecule has 1 aromatic rings. The van der Waals surface area contributed by atoms with E-state index in [1.165, 1.54) is 19.2 Å². The van der Waals surface area contributed by atoms with Crippen LogP contribution in [-0.2, 0) is 4.79 Å². The summed E-state index contributed by atoms with van der Waals surface area (Å²) in [5, 5.41) is 20.6. The third-order valence-electron chi connectivity index (χ3n) is 1.46. The summed E-state index contributed by atoms with van der Waals surface area (Å²) < 4.78 is 0. The summed E-state index contributed by atoms with van der Waals surface area (Å²) in [6, 6.07) is 1.24. The monoisotopic (exact) mass is 216 g/mol. The molecule has 0 bridgehead atoms. The first kappa shape index (κ1) is 10.7. The van der Waals surface area contributed by atoms with Gasteiger partial charge in [-0.25, -0.2) is 4.98 Å². The van der Waals surface area contributed by atoms with Crippen LogP contribution in [0.3, 0.4) is 0 Å². The predicted octanol–water partition coefficient (Wildman–Crippen LogP) is 0.760. The van der Waals surface area contributed by atoms with Gasteiger partial charge in [-0.05, 0) is 6.92 Å². The zero-order valence-corrected chi connectivity index (χ0v) is 8.12. The molecule has 1 unspecified atom stereocenters. The van der Waals surface area contributed by atoms with Crippen LogP contribution in [0.2, 0.25) is 5.02 Å². The summed E-state index contributed by atoms with van der Waals surface area (Å²) in [7, 11) is 0. The molecule has 1 rings (SSSR count). The SMILES string of the molecule is CC(O)C(=O)Nc1ncc(Cl)cc1O. The maximum atomic E-state index is 11.0. The molecule has 0 aliphatic heterocycles. The second-order valence-corrected chi connectivity index (χ2v) is 3.12. The smallest absolute Gasteiger partial charge is 0.254 e. The third kappa shape index (κ3) is 2.58. The van der Waals surface area contributed by atoms with Gasteiger partial charge < -0.3 is 15.5 Å². The second kappa shape index (κ2) is 4.26. The van der Waals surface area contributed by atoms with Crippen molar-refractivity contribution in [3.8, 4) is 5.75 Å². The number of carbonyl (C=O) groups is 1. The molecule has 5 nitrogen and oxygen atoms in total. The lowest BCUT2D eigenvalue weighted by Crippen LogP contribution is -2.24. The van der Waals surface area contributed by atoms with E-state index in [1.54, 1.807) is 0 Å². The topological polar surface area (TPSA) is 82.5 Å². The van der Waals surface area contributed by atoms with Crippen molar-refractivity contribution in [2.24, 2.45) is 0 Å². The Kier molecular flexibility index (Phi) is 3.27. The second-order valence-electron chi connectivity index (χ2n) is 2.69. The molecule has 0 aromatic carbocycles. The van der Waals surface area contributed by atoms with Gasteiger partial charge in [0.05, 0.1) is 5.02 Å². The average molecular weight is 217 g/mol. The van der Waals surface area contributed by atoms with Crippen LogP contribution in [-0.4, -0.2) is 27.2 Å². The fourth-order valence-electron chi connectivity index (χ4n) is 0.746. The summed E-state index contributed by atoms with van der Waals surface area (Å²) in [4.78, 5) is 14.7. The number of nitrogens with one attached hydrogen (secondary N) is 1. The summed E-state index contributed by atoms with van der Waals surface area (Å²) in [5.74, 6) is -0.915. The normalized spacial score (nSPS) is 12.2. The summed E-state index contributed by atoms with van der Waals surface area (Å²) in [6.45, 7) is 1.31. The van der Waals surface area contributed by atoms with Gasteiger partial charge in [-0.2, -0.15) is 0 Å². The number of anilines is 1. The van der Waals surface area contributed by atoms with E-state index in [-0.39, 0.29) is 16.6 Å². The molecule has 1 aromatic heterocycles. The zero-order valence-electron chi connectivity index (χ0n) is 7.36. The van der Waals surface area contributed by atoms with E-state index in [9.17, 15) is 9.90 Å². The quantitative estimate of drug-likeness (QED) is 0.682. The van der Waals surface area contributed by atoms with E-state index in [1.807, 2.05) is 0 Å². The van der Waals surface area contributed by atoms with Crippen molar-refractivity contribution in [1.82, 2.24) is 4.98 Å². The first-order valence-corrected chi connectivity index (χ1v) is 4.22. The minimum Gasteiger partial charge on any atom is -0.504 e. The van der Waals surface area contributed by atoms with Crippen LogP contribution < -0.4 is 5.32 Å². The van der Waals surface area contributed by atoms with Crippen molar-refractivity contribution in [3.63, 3.8) is 0 Å². The number of rotatable bonds is 2. The Hall–Kier alpha value is -1.33. The molecule has 0 aliphatic carbocycles. The molecule has 0 saturated carbocycles. The Morgan fingerprint density at radius 1 is 1.71 bits per heavy atom. The van der Waals surface area contributed by atoms with Crippen molar-refractivity contribution in [1.29, 1.82) is 0 Å². The number of hydrogen-bond donors (Lipinski definition) is 3. The molecule has 0 spiro atoms. The van der Waals surface area contributed by atoms with Crippen molar-refractivity contribution < 1.29 is 15.0 Å². The van der Waals surface area contributed by atoms with Gasteiger partial charge in [0.1, 0.15) is 6.10 Å². The van der Waals surface area contributed by atoms with Gasteiger partial charge in [0.2, 0.25) is 0 Å². The Morgan fingerprint density at radius 3 is 2.86 bits per heavy atom. The highest BCUT2D eigenvalue weighted by atomic mass is 35.5. The van der Waals surface area contributed by atoms with Gasteiger partial charge in [0, 0.05) is 12.3 Å². The highest BCUT2D eigenvalue weighted by molar-refractivity contribution is 6.30. The molecule has 0 aliphatic rings. The molecular formula is C8H9ClN2O3. The van der Waals surface area contributed by atoms with E-state index < -0.39 is 12.0 Å². The van der Waals surface area contributed by atoms with Gasteiger partial charge in [-0.3, -0.25) is 4.79 Å². The average Bonchev–Trinajstić information content (AvgIpc) is 2.09. The number of carbonyl (C=O) groups excluding carboxylic acids is 1. The fourth-order valence-corrected chi connectivity index (χ4v) is 0.898. The number of halogens is 1. The van der Waals surface area contributed by atoms with E-state index in [0.29, 0.717) is 0 Å². The van der Waals surface area contributed by atoms with Crippen molar-refractivity contribution in [3.05, 3.63) is 17.3 Å². The lowest BCUT2D eigenvalue weighted by molar-refractivity contribution is -0.123. The van der Waals surface area contributed by atoms with Gasteiger partial charge in [-0.1, -0.05) is 11.6 Å². The van der Waals surface area contributed by atoms with E-state index in [0.717, 1.165) is 0 Å². The lowest BCUT2D eigenvalue weighted by atomic mass is 10.3. The van der Waals surface area contributed by atoms with Crippen LogP contribution in [0.1, 0.15) is 6.92 Å². The van der Waals surface area contributed by atoms with E-state index >= 15 is 0 Å². The Morgan fingerprint density at radius 2 is 2.36 bits per heavy atom. The third-order valence-corrected chi connectivity index (χ3v) is 1.66. The number of aromatic nitrogens is 1. The molecule has 0 saturated heterocycles. The molecule has 1 amide bonds. The van der Waals surface area contributed by atoms with Gasteiger partial charge >= 0.3 is 0 Å². The molecular weight excluding hydrogens is 208 g/mol. The van der Waals surface area contributed by atoms with Crippen molar-refractivity contribution in [2.75, 3.05) is 5.32 Å². The van der Waals surface area contributed by atoms with E-state index in [4.69, 9.17) is 16.7 Å². The predicted molar refractivity (Wildman–Crippen MR) is 51.2 cm³/mol. The number of pyridine rings is 1. The Bertz CT molecular complexity index is 354. The van der Waals surface area contributed by atoms with E-state index in [2.05, 4.69) is 10.3 Å². The summed E-state index contributed by atoms with van der Waals surface area (Å²) in [6.07, 6.45) is 0.116. The minimum absolute atomic E-state index is 0.0275. The van der Waals surface area contributed by atoms with Crippen molar-refractivity contribution >= 4 is 23.3 Å². The van der Waals surface area contributed by atoms with Crippen LogP contribution in [0.4, 0.5) is 5.82 Å². The number of aliphatic hydroxyl groups is 1. The van der Waals surface area contributed by atoms with Crippen LogP contribution in [0, 0.1) is 0 Å². The largest absolute Gasteiger partial charge is 0.504 e. The van der Waals surface area contributed by atoms with Crippen LogP contribution in [0.5, 0.6) is 5.75 Å². The molecule has 0 radical (unpaired) electrons. The van der Waals surface area contributed by atoms with Gasteiger partial charge in [0.25, 0.3) is 5.91 Å². The summed E-state index contributed by atoms with van der Waals surface area (Å²) >= 11 is 5.53. The maximum Gasteiger partial charge on any atom is 0.254 e. The highest BCUT2D eigenvalue weighted by Crippen LogP contribution is 2.23. The molecule has 76 valence electrons. The number of aliphatic hydroxyl groups excluding tert-OH is 1. The first-order chi connectivity index (χ1) is 6.50. The fraction of sp³-hybridized carbons (Fsp3) is 0.250. The lowest BCUT2D eigenvalue weighted by Gasteiger charge is -2.07. The Balaban J connectivity index is 2.82. The maximum absolute atomic E-state index is 11.0. The molecule has 0 fully saturated rings. The Labute approximate surface area is 85.3 Å².